The Bertz CT molecular complexity index is 613. The zero-order chi connectivity index (χ0) is 14.0. The van der Waals surface area contributed by atoms with Gasteiger partial charge in [0.05, 0.1) is 7.14 Å². The zero-order valence-electron chi connectivity index (χ0n) is 9.30. The van der Waals surface area contributed by atoms with Crippen LogP contribution in [0, 0.1) is 24.6 Å². The Balaban J connectivity index is 2.50. The normalized spacial score (nSPS) is 11.2. The highest BCUT2D eigenvalue weighted by Gasteiger charge is 2.20. The smallest absolute Gasteiger partial charge is 0.155 e. The van der Waals surface area contributed by atoms with Crippen LogP contribution in [0.2, 0.25) is 0 Å². The first kappa shape index (κ1) is 14.8. The lowest BCUT2D eigenvalue weighted by Crippen LogP contribution is -2.01. The fraction of sp³-hybridized carbons (Fsp3) is 0. The average Bonchev–Trinajstić information content (AvgIpc) is 2.44. The van der Waals surface area contributed by atoms with Crippen LogP contribution >= 0.6 is 45.2 Å². The summed E-state index contributed by atoms with van der Waals surface area (Å²) in [6.07, 6.45) is 5.99. The topological polar surface area (TPSA) is 12.9 Å². The van der Waals surface area contributed by atoms with Crippen LogP contribution in [0.15, 0.2) is 24.5 Å². The van der Waals surface area contributed by atoms with Crippen LogP contribution < -0.4 is 0 Å². The van der Waals surface area contributed by atoms with Gasteiger partial charge in [0.2, 0.25) is 0 Å². The first-order valence-electron chi connectivity index (χ1n) is 5.12. The molecule has 19 heavy (non-hydrogen) atoms. The van der Waals surface area contributed by atoms with E-state index in [9.17, 15) is 13.2 Å². The van der Waals surface area contributed by atoms with Crippen molar-refractivity contribution in [2.75, 3.05) is 0 Å². The van der Waals surface area contributed by atoms with Crippen molar-refractivity contribution in [3.8, 4) is 0 Å². The van der Waals surface area contributed by atoms with Gasteiger partial charge in [0, 0.05) is 18.0 Å². The highest BCUT2D eigenvalue weighted by atomic mass is 127. The molecule has 0 N–H and O–H groups in total. The van der Waals surface area contributed by atoms with Gasteiger partial charge >= 0.3 is 0 Å². The molecule has 1 nitrogen and oxygen atoms in total. The summed E-state index contributed by atoms with van der Waals surface area (Å²) in [5.41, 5.74) is 0.509. The maximum absolute atomic E-state index is 13.9. The number of benzene rings is 1. The Kier molecular flexibility index (Phi) is 4.82. The second kappa shape index (κ2) is 6.21. The minimum Gasteiger partial charge on any atom is -0.265 e. The van der Waals surface area contributed by atoms with Crippen LogP contribution in [0.3, 0.4) is 0 Å². The monoisotopic (exact) mass is 487 g/mol. The molecule has 1 heterocycles. The Morgan fingerprint density at radius 1 is 0.842 bits per heavy atom. The lowest BCUT2D eigenvalue weighted by atomic mass is 10.1. The summed E-state index contributed by atoms with van der Waals surface area (Å²) >= 11 is 3.05. The minimum absolute atomic E-state index is 0.210. The van der Waals surface area contributed by atoms with Crippen LogP contribution in [0.5, 0.6) is 0 Å². The van der Waals surface area contributed by atoms with Gasteiger partial charge in [0.25, 0.3) is 0 Å². The largest absolute Gasteiger partial charge is 0.265 e. The molecule has 0 aliphatic heterocycles. The molecule has 6 heteroatoms. The lowest BCUT2D eigenvalue weighted by Gasteiger charge is -2.06. The van der Waals surface area contributed by atoms with E-state index in [0.717, 1.165) is 5.56 Å². The molecule has 0 aliphatic carbocycles. The lowest BCUT2D eigenvalue weighted by molar-refractivity contribution is 0.522. The van der Waals surface area contributed by atoms with Crippen LogP contribution in [-0.4, -0.2) is 4.98 Å². The SMILES string of the molecule is Fc1c(I)c(F)c(/C=C/c2ccncc2)c(F)c1I. The fourth-order valence-corrected chi connectivity index (χ4v) is 3.06. The van der Waals surface area contributed by atoms with Gasteiger partial charge in [-0.25, -0.2) is 13.2 Å². The second-order valence-electron chi connectivity index (χ2n) is 3.60. The summed E-state index contributed by atoms with van der Waals surface area (Å²) in [5.74, 6) is -2.64. The molecule has 0 fully saturated rings. The Labute approximate surface area is 135 Å². The summed E-state index contributed by atoms with van der Waals surface area (Å²) in [6.45, 7) is 0. The predicted octanol–water partition coefficient (Wildman–Crippen LogP) is 4.88. The third-order valence-electron chi connectivity index (χ3n) is 2.39. The van der Waals surface area contributed by atoms with Gasteiger partial charge in [-0.2, -0.15) is 0 Å². The van der Waals surface area contributed by atoms with Crippen LogP contribution in [-0.2, 0) is 0 Å². The Morgan fingerprint density at radius 3 is 1.89 bits per heavy atom. The summed E-state index contributed by atoms with van der Waals surface area (Å²) < 4.78 is 40.8. The molecule has 0 bridgehead atoms. The molecule has 1 aromatic carbocycles. The molecule has 0 spiro atoms. The number of nitrogens with zero attached hydrogens (tertiary/aromatic N) is 1. The van der Waals surface area contributed by atoms with E-state index in [0.29, 0.717) is 0 Å². The summed E-state index contributed by atoms with van der Waals surface area (Å²) in [4.78, 5) is 3.84. The van der Waals surface area contributed by atoms with Crippen molar-refractivity contribution in [3.05, 3.63) is 60.2 Å². The average molecular weight is 487 g/mol. The maximum Gasteiger partial charge on any atom is 0.155 e. The predicted molar refractivity (Wildman–Crippen MR) is 84.9 cm³/mol. The van der Waals surface area contributed by atoms with Gasteiger partial charge in [0.1, 0.15) is 11.6 Å². The first-order chi connectivity index (χ1) is 9.02. The van der Waals surface area contributed by atoms with Crippen LogP contribution in [0.4, 0.5) is 13.2 Å². The van der Waals surface area contributed by atoms with Gasteiger partial charge in [-0.3, -0.25) is 4.98 Å². The molecule has 0 unspecified atom stereocenters. The molecule has 0 aliphatic rings. The van der Waals surface area contributed by atoms with Gasteiger partial charge in [-0.1, -0.05) is 6.08 Å². The Morgan fingerprint density at radius 2 is 1.37 bits per heavy atom. The van der Waals surface area contributed by atoms with Gasteiger partial charge in [-0.15, -0.1) is 0 Å². The second-order valence-corrected chi connectivity index (χ2v) is 5.75. The third-order valence-corrected chi connectivity index (χ3v) is 4.29. The van der Waals surface area contributed by atoms with E-state index in [1.807, 2.05) is 0 Å². The van der Waals surface area contributed by atoms with E-state index < -0.39 is 17.5 Å². The van der Waals surface area contributed by atoms with Gasteiger partial charge in [-0.05, 0) is 69.0 Å². The van der Waals surface area contributed by atoms with Gasteiger partial charge in [0.15, 0.2) is 5.82 Å². The van der Waals surface area contributed by atoms with Crippen molar-refractivity contribution >= 4 is 57.3 Å². The number of aromatic nitrogens is 1. The number of halogens is 5. The summed E-state index contributed by atoms with van der Waals surface area (Å²) in [7, 11) is 0. The van der Waals surface area contributed by atoms with Gasteiger partial charge < -0.3 is 0 Å². The molecule has 0 saturated heterocycles. The summed E-state index contributed by atoms with van der Waals surface area (Å²) in [5, 5.41) is 0. The van der Waals surface area contributed by atoms with E-state index in [1.54, 1.807) is 30.6 Å². The molecular weight excluding hydrogens is 481 g/mol. The number of pyridine rings is 1. The third kappa shape index (κ3) is 3.10. The molecule has 0 atom stereocenters. The van der Waals surface area contributed by atoms with E-state index in [4.69, 9.17) is 0 Å². The Hall–Kier alpha value is -0.640. The maximum atomic E-state index is 13.9. The molecule has 1 aromatic heterocycles. The van der Waals surface area contributed by atoms with E-state index in [-0.39, 0.29) is 12.7 Å². The minimum atomic E-state index is -0.888. The molecule has 0 saturated carbocycles. The van der Waals surface area contributed by atoms with E-state index in [2.05, 4.69) is 4.98 Å². The zero-order valence-corrected chi connectivity index (χ0v) is 13.6. The molecule has 2 rings (SSSR count). The van der Waals surface area contributed by atoms with E-state index >= 15 is 0 Å². The molecular formula is C13H6F3I2N. The standard InChI is InChI=1S/C13H6F3I2N/c14-9-8(2-1-7-3-5-19-6-4-7)10(15)13(18)11(16)12(9)17/h1-6H/b2-1+. The van der Waals surface area contributed by atoms with Crippen molar-refractivity contribution in [2.24, 2.45) is 0 Å². The number of hydrogen-bond donors (Lipinski definition) is 0. The summed E-state index contributed by atoms with van der Waals surface area (Å²) in [6, 6.07) is 3.40. The highest BCUT2D eigenvalue weighted by Crippen LogP contribution is 2.28. The molecule has 2 aromatic rings. The van der Waals surface area contributed by atoms with Crippen molar-refractivity contribution in [2.45, 2.75) is 0 Å². The fourth-order valence-electron chi connectivity index (χ4n) is 1.42. The van der Waals surface area contributed by atoms with Crippen molar-refractivity contribution in [1.82, 2.24) is 4.98 Å². The number of rotatable bonds is 2. The van der Waals surface area contributed by atoms with Crippen molar-refractivity contribution < 1.29 is 13.2 Å². The quantitative estimate of drug-likeness (QED) is 0.335. The number of hydrogen-bond acceptors (Lipinski definition) is 1. The van der Waals surface area contributed by atoms with Crippen molar-refractivity contribution in [1.29, 1.82) is 0 Å². The van der Waals surface area contributed by atoms with Crippen LogP contribution in [0.1, 0.15) is 11.1 Å². The van der Waals surface area contributed by atoms with Crippen LogP contribution in [0.25, 0.3) is 12.2 Å². The highest BCUT2D eigenvalue weighted by molar-refractivity contribution is 14.1. The van der Waals surface area contributed by atoms with E-state index in [1.165, 1.54) is 51.3 Å². The molecule has 0 amide bonds. The first-order valence-corrected chi connectivity index (χ1v) is 7.27. The molecule has 98 valence electrons. The molecule has 0 radical (unpaired) electrons. The van der Waals surface area contributed by atoms with Crippen molar-refractivity contribution in [3.63, 3.8) is 0 Å².